The van der Waals surface area contributed by atoms with E-state index in [1.54, 1.807) is 6.20 Å². The third-order valence-corrected chi connectivity index (χ3v) is 4.55. The fourth-order valence-corrected chi connectivity index (χ4v) is 3.58. The molecule has 1 aliphatic carbocycles. The predicted octanol–water partition coefficient (Wildman–Crippen LogP) is 3.50. The zero-order valence-corrected chi connectivity index (χ0v) is 13.5. The van der Waals surface area contributed by atoms with E-state index in [1.807, 2.05) is 26.1 Å². The summed E-state index contributed by atoms with van der Waals surface area (Å²) in [7, 11) is 0. The highest BCUT2D eigenvalue weighted by molar-refractivity contribution is 6.28. The minimum Gasteiger partial charge on any atom is -0.342 e. The lowest BCUT2D eigenvalue weighted by molar-refractivity contribution is -0.147. The van der Waals surface area contributed by atoms with E-state index in [0.717, 1.165) is 17.5 Å². The van der Waals surface area contributed by atoms with Crippen molar-refractivity contribution in [2.45, 2.75) is 51.2 Å². The summed E-state index contributed by atoms with van der Waals surface area (Å²) in [4.78, 5) is 8.41. The number of aromatic nitrogens is 3. The van der Waals surface area contributed by atoms with Gasteiger partial charge in [0.05, 0.1) is 6.04 Å². The average molecular weight is 320 g/mol. The molecule has 0 aromatic carbocycles. The summed E-state index contributed by atoms with van der Waals surface area (Å²) in [5, 5.41) is 1.23. The number of ether oxygens (including phenoxy) is 2. The standard InChI is InChI=1S/C16H18ClN3O2/c1-4-9-7-11(13-12(9)21-16(2,3)22-13)20-6-5-10-8-18-15(17)19-14(10)20/h5-8,11-13H,4H2,1-3H3/t11-,12-,13+/m1/s1. The third kappa shape index (κ3) is 2.07. The van der Waals surface area contributed by atoms with Gasteiger partial charge in [0.2, 0.25) is 5.28 Å². The zero-order chi connectivity index (χ0) is 15.5. The molecule has 3 atom stereocenters. The van der Waals surface area contributed by atoms with Crippen molar-refractivity contribution in [3.8, 4) is 0 Å². The molecule has 0 amide bonds. The van der Waals surface area contributed by atoms with E-state index in [-0.39, 0.29) is 23.5 Å². The van der Waals surface area contributed by atoms with Gasteiger partial charge in [0.1, 0.15) is 17.9 Å². The monoisotopic (exact) mass is 319 g/mol. The molecule has 5 nitrogen and oxygen atoms in total. The first kappa shape index (κ1) is 14.2. The molecule has 6 heteroatoms. The van der Waals surface area contributed by atoms with Crippen LogP contribution in [-0.4, -0.2) is 32.5 Å². The van der Waals surface area contributed by atoms with Gasteiger partial charge in [-0.3, -0.25) is 0 Å². The lowest BCUT2D eigenvalue weighted by atomic mass is 10.1. The van der Waals surface area contributed by atoms with Crippen molar-refractivity contribution < 1.29 is 9.47 Å². The molecule has 0 saturated carbocycles. The van der Waals surface area contributed by atoms with Crippen molar-refractivity contribution in [1.82, 2.24) is 14.5 Å². The first-order valence-corrected chi connectivity index (χ1v) is 7.91. The molecular formula is C16H18ClN3O2. The van der Waals surface area contributed by atoms with E-state index in [1.165, 1.54) is 5.57 Å². The molecule has 1 saturated heterocycles. The minimum atomic E-state index is -0.558. The Bertz CT molecular complexity index is 768. The molecule has 0 unspecified atom stereocenters. The number of hydrogen-bond donors (Lipinski definition) is 0. The molecule has 0 spiro atoms. The lowest BCUT2D eigenvalue weighted by Crippen LogP contribution is -2.27. The van der Waals surface area contributed by atoms with Gasteiger partial charge in [-0.05, 0) is 43.5 Å². The van der Waals surface area contributed by atoms with Crippen LogP contribution in [0.3, 0.4) is 0 Å². The molecule has 1 fully saturated rings. The number of halogens is 1. The SMILES string of the molecule is CCC1=C[C@@H](n2ccc3cnc(Cl)nc32)[C@@H]2OC(C)(C)O[C@H]12. The maximum Gasteiger partial charge on any atom is 0.224 e. The van der Waals surface area contributed by atoms with Crippen LogP contribution in [0.4, 0.5) is 0 Å². The van der Waals surface area contributed by atoms with Crippen molar-refractivity contribution in [1.29, 1.82) is 0 Å². The largest absolute Gasteiger partial charge is 0.342 e. The molecule has 0 bridgehead atoms. The van der Waals surface area contributed by atoms with E-state index in [0.29, 0.717) is 0 Å². The summed E-state index contributed by atoms with van der Waals surface area (Å²) in [5.74, 6) is -0.558. The van der Waals surface area contributed by atoms with Gasteiger partial charge in [0.15, 0.2) is 5.79 Å². The fraction of sp³-hybridized carbons (Fsp3) is 0.500. The molecule has 2 aromatic heterocycles. The Labute approximate surface area is 133 Å². The van der Waals surface area contributed by atoms with E-state index in [9.17, 15) is 0 Å². The second kappa shape index (κ2) is 4.78. The van der Waals surface area contributed by atoms with Gasteiger partial charge in [-0.25, -0.2) is 4.98 Å². The molecule has 0 N–H and O–H groups in total. The van der Waals surface area contributed by atoms with Gasteiger partial charge in [-0.15, -0.1) is 0 Å². The Hall–Kier alpha value is -1.43. The van der Waals surface area contributed by atoms with Crippen molar-refractivity contribution in [3.63, 3.8) is 0 Å². The lowest BCUT2D eigenvalue weighted by Gasteiger charge is -2.22. The highest BCUT2D eigenvalue weighted by Gasteiger charge is 2.50. The molecule has 4 rings (SSSR count). The van der Waals surface area contributed by atoms with Gasteiger partial charge in [0.25, 0.3) is 0 Å². The molecule has 116 valence electrons. The Morgan fingerprint density at radius 3 is 2.95 bits per heavy atom. The zero-order valence-electron chi connectivity index (χ0n) is 12.8. The first-order valence-electron chi connectivity index (χ1n) is 7.54. The topological polar surface area (TPSA) is 49.2 Å². The van der Waals surface area contributed by atoms with Crippen LogP contribution in [0.1, 0.15) is 33.2 Å². The molecule has 2 aliphatic rings. The Balaban J connectivity index is 1.81. The Morgan fingerprint density at radius 1 is 1.36 bits per heavy atom. The second-order valence-corrected chi connectivity index (χ2v) is 6.59. The van der Waals surface area contributed by atoms with E-state index < -0.39 is 5.79 Å². The molecule has 0 radical (unpaired) electrons. The van der Waals surface area contributed by atoms with Gasteiger partial charge < -0.3 is 14.0 Å². The third-order valence-electron chi connectivity index (χ3n) is 4.37. The van der Waals surface area contributed by atoms with Crippen LogP contribution in [0.2, 0.25) is 5.28 Å². The van der Waals surface area contributed by atoms with E-state index in [4.69, 9.17) is 21.1 Å². The summed E-state index contributed by atoms with van der Waals surface area (Å²) >= 11 is 5.96. The van der Waals surface area contributed by atoms with Crippen LogP contribution in [0.25, 0.3) is 11.0 Å². The van der Waals surface area contributed by atoms with Crippen molar-refractivity contribution in [2.75, 3.05) is 0 Å². The maximum atomic E-state index is 6.15. The van der Waals surface area contributed by atoms with Gasteiger partial charge in [0, 0.05) is 17.8 Å². The fourth-order valence-electron chi connectivity index (χ4n) is 3.45. The second-order valence-electron chi connectivity index (χ2n) is 6.25. The van der Waals surface area contributed by atoms with Crippen LogP contribution in [0.5, 0.6) is 0 Å². The first-order chi connectivity index (χ1) is 10.5. The van der Waals surface area contributed by atoms with Gasteiger partial charge in [-0.1, -0.05) is 13.0 Å². The van der Waals surface area contributed by atoms with Crippen LogP contribution >= 0.6 is 11.6 Å². The van der Waals surface area contributed by atoms with Gasteiger partial charge in [-0.2, -0.15) is 4.98 Å². The van der Waals surface area contributed by atoms with Crippen LogP contribution < -0.4 is 0 Å². The molecule has 22 heavy (non-hydrogen) atoms. The van der Waals surface area contributed by atoms with Crippen molar-refractivity contribution in [2.24, 2.45) is 0 Å². The molecule has 3 heterocycles. The predicted molar refractivity (Wildman–Crippen MR) is 83.8 cm³/mol. The van der Waals surface area contributed by atoms with E-state index >= 15 is 0 Å². The Kier molecular flexibility index (Phi) is 3.08. The van der Waals surface area contributed by atoms with Crippen molar-refractivity contribution >= 4 is 22.6 Å². The molecule has 2 aromatic rings. The summed E-state index contributed by atoms with van der Waals surface area (Å²) < 4.78 is 14.3. The van der Waals surface area contributed by atoms with Gasteiger partial charge >= 0.3 is 0 Å². The quantitative estimate of drug-likeness (QED) is 0.628. The van der Waals surface area contributed by atoms with Crippen LogP contribution in [0, 0.1) is 0 Å². The smallest absolute Gasteiger partial charge is 0.224 e. The average Bonchev–Trinajstić information content (AvgIpc) is 3.09. The highest BCUT2D eigenvalue weighted by atomic mass is 35.5. The number of fused-ring (bicyclic) bond motifs is 2. The summed E-state index contributed by atoms with van der Waals surface area (Å²) in [5.41, 5.74) is 2.10. The number of hydrogen-bond acceptors (Lipinski definition) is 4. The summed E-state index contributed by atoms with van der Waals surface area (Å²) in [6.45, 7) is 6.07. The minimum absolute atomic E-state index is 0.0137. The number of nitrogens with zero attached hydrogens (tertiary/aromatic N) is 3. The normalized spacial score (nSPS) is 29.8. The Morgan fingerprint density at radius 2 is 2.18 bits per heavy atom. The summed E-state index contributed by atoms with van der Waals surface area (Å²) in [6, 6.07) is 2.06. The van der Waals surface area contributed by atoms with Crippen LogP contribution in [0.15, 0.2) is 30.1 Å². The van der Waals surface area contributed by atoms with E-state index in [2.05, 4.69) is 27.5 Å². The van der Waals surface area contributed by atoms with Crippen LogP contribution in [-0.2, 0) is 9.47 Å². The summed E-state index contributed by atoms with van der Waals surface area (Å²) in [6.07, 6.45) is 6.93. The molecular weight excluding hydrogens is 302 g/mol. The molecule has 1 aliphatic heterocycles. The maximum absolute atomic E-state index is 6.15. The van der Waals surface area contributed by atoms with Crippen molar-refractivity contribution in [3.05, 3.63) is 35.4 Å². The highest BCUT2D eigenvalue weighted by Crippen LogP contribution is 2.44. The number of rotatable bonds is 2.